The molecule has 2 aliphatic rings. The summed E-state index contributed by atoms with van der Waals surface area (Å²) in [6.45, 7) is 3.79. The molecule has 1 fully saturated rings. The standard InChI is InChI=1S/C16H18F4N2O/c1-15(2)13(17)8-22(15)6-9-4-10-11(7-21(3)14(10)23)12(5-9)16(18,19)20/h4-5,13H,6-8H2,1-3H3. The highest BCUT2D eigenvalue weighted by Crippen LogP contribution is 2.39. The SMILES string of the molecule is CN1Cc2c(cc(CN3CC(F)C3(C)C)cc2C(F)(F)F)C1=O. The fourth-order valence-electron chi connectivity index (χ4n) is 3.18. The fourth-order valence-corrected chi connectivity index (χ4v) is 3.18. The Morgan fingerprint density at radius 1 is 1.30 bits per heavy atom. The minimum absolute atomic E-state index is 0.0278. The summed E-state index contributed by atoms with van der Waals surface area (Å²) in [5.74, 6) is -0.404. The topological polar surface area (TPSA) is 23.6 Å². The smallest absolute Gasteiger partial charge is 0.337 e. The third-order valence-electron chi connectivity index (χ3n) is 4.92. The van der Waals surface area contributed by atoms with Crippen molar-refractivity contribution in [3.8, 4) is 0 Å². The lowest BCUT2D eigenvalue weighted by atomic mass is 9.86. The van der Waals surface area contributed by atoms with Crippen LogP contribution >= 0.6 is 0 Å². The lowest BCUT2D eigenvalue weighted by molar-refractivity contribution is -0.138. The molecule has 126 valence electrons. The maximum Gasteiger partial charge on any atom is 0.416 e. The van der Waals surface area contributed by atoms with Crippen LogP contribution in [0.2, 0.25) is 0 Å². The molecule has 0 N–H and O–H groups in total. The van der Waals surface area contributed by atoms with E-state index in [1.807, 2.05) is 0 Å². The van der Waals surface area contributed by atoms with Crippen molar-refractivity contribution >= 4 is 5.91 Å². The summed E-state index contributed by atoms with van der Waals surface area (Å²) in [7, 11) is 1.48. The molecule has 1 aromatic carbocycles. The molecule has 1 aromatic rings. The third-order valence-corrected chi connectivity index (χ3v) is 4.92. The van der Waals surface area contributed by atoms with Crippen molar-refractivity contribution in [3.63, 3.8) is 0 Å². The first kappa shape index (κ1) is 16.2. The predicted molar refractivity (Wildman–Crippen MR) is 76.6 cm³/mol. The van der Waals surface area contributed by atoms with E-state index in [1.54, 1.807) is 18.7 Å². The highest BCUT2D eigenvalue weighted by molar-refractivity contribution is 5.98. The highest BCUT2D eigenvalue weighted by atomic mass is 19.4. The number of rotatable bonds is 2. The van der Waals surface area contributed by atoms with Gasteiger partial charge in [-0.25, -0.2) is 4.39 Å². The zero-order valence-electron chi connectivity index (χ0n) is 13.2. The average Bonchev–Trinajstić information content (AvgIpc) is 2.73. The van der Waals surface area contributed by atoms with Crippen molar-refractivity contribution in [3.05, 3.63) is 34.4 Å². The third kappa shape index (κ3) is 2.51. The predicted octanol–water partition coefficient (Wildman–Crippen LogP) is 3.22. The minimum atomic E-state index is -4.52. The summed E-state index contributed by atoms with van der Waals surface area (Å²) in [4.78, 5) is 15.1. The molecule has 3 nitrogen and oxygen atoms in total. The Labute approximate surface area is 131 Å². The van der Waals surface area contributed by atoms with Crippen molar-refractivity contribution in [1.29, 1.82) is 0 Å². The van der Waals surface area contributed by atoms with E-state index in [1.165, 1.54) is 18.0 Å². The molecular formula is C16H18F4N2O. The molecule has 0 radical (unpaired) electrons. The first-order valence-electron chi connectivity index (χ1n) is 7.39. The van der Waals surface area contributed by atoms with E-state index < -0.39 is 29.4 Å². The van der Waals surface area contributed by atoms with Gasteiger partial charge in [0.2, 0.25) is 0 Å². The summed E-state index contributed by atoms with van der Waals surface area (Å²) < 4.78 is 53.5. The molecule has 0 bridgehead atoms. The van der Waals surface area contributed by atoms with Crippen molar-refractivity contribution in [1.82, 2.24) is 9.80 Å². The van der Waals surface area contributed by atoms with E-state index in [4.69, 9.17) is 0 Å². The molecular weight excluding hydrogens is 312 g/mol. The zero-order chi connectivity index (χ0) is 17.2. The van der Waals surface area contributed by atoms with Gasteiger partial charge in [0.15, 0.2) is 0 Å². The first-order valence-corrected chi connectivity index (χ1v) is 7.39. The van der Waals surface area contributed by atoms with Gasteiger partial charge in [0.05, 0.1) is 5.56 Å². The molecule has 1 unspecified atom stereocenters. The van der Waals surface area contributed by atoms with Gasteiger partial charge >= 0.3 is 6.18 Å². The van der Waals surface area contributed by atoms with Crippen LogP contribution in [0.1, 0.15) is 40.9 Å². The number of amides is 1. The van der Waals surface area contributed by atoms with Crippen molar-refractivity contribution in [2.24, 2.45) is 0 Å². The molecule has 1 saturated heterocycles. The van der Waals surface area contributed by atoms with Crippen LogP contribution in [0, 0.1) is 0 Å². The van der Waals surface area contributed by atoms with Crippen LogP contribution in [0.25, 0.3) is 0 Å². The number of carbonyl (C=O) groups is 1. The Bertz CT molecular complexity index is 669. The molecule has 3 rings (SSSR count). The number of nitrogens with zero attached hydrogens (tertiary/aromatic N) is 2. The first-order chi connectivity index (χ1) is 10.5. The maximum absolute atomic E-state index is 13.6. The van der Waals surface area contributed by atoms with Gasteiger partial charge in [0.1, 0.15) is 6.17 Å². The fraction of sp³-hybridized carbons (Fsp3) is 0.562. The summed E-state index contributed by atoms with van der Waals surface area (Å²) in [6.07, 6.45) is -5.51. The number of likely N-dealkylation sites (tertiary alicyclic amines) is 1. The summed E-state index contributed by atoms with van der Waals surface area (Å²) >= 11 is 0. The van der Waals surface area contributed by atoms with Crippen LogP contribution in [0.15, 0.2) is 12.1 Å². The number of alkyl halides is 4. The van der Waals surface area contributed by atoms with Gasteiger partial charge in [-0.3, -0.25) is 9.69 Å². The van der Waals surface area contributed by atoms with Gasteiger partial charge in [-0.2, -0.15) is 13.2 Å². The number of fused-ring (bicyclic) bond motifs is 1. The molecule has 1 amide bonds. The lowest BCUT2D eigenvalue weighted by Gasteiger charge is -2.51. The van der Waals surface area contributed by atoms with E-state index in [2.05, 4.69) is 0 Å². The van der Waals surface area contributed by atoms with Gasteiger partial charge < -0.3 is 4.90 Å². The maximum atomic E-state index is 13.6. The van der Waals surface area contributed by atoms with Crippen LogP contribution in [0.4, 0.5) is 17.6 Å². The molecule has 0 aliphatic carbocycles. The molecule has 0 aromatic heterocycles. The van der Waals surface area contributed by atoms with Gasteiger partial charge in [-0.1, -0.05) is 0 Å². The van der Waals surface area contributed by atoms with Crippen LogP contribution < -0.4 is 0 Å². The second kappa shape index (κ2) is 4.93. The van der Waals surface area contributed by atoms with E-state index in [9.17, 15) is 22.4 Å². The molecule has 23 heavy (non-hydrogen) atoms. The van der Waals surface area contributed by atoms with Gasteiger partial charge in [-0.05, 0) is 37.1 Å². The van der Waals surface area contributed by atoms with Crippen molar-refractivity contribution in [2.45, 2.75) is 44.8 Å². The largest absolute Gasteiger partial charge is 0.416 e. The zero-order valence-corrected chi connectivity index (χ0v) is 13.2. The molecule has 2 heterocycles. The number of benzene rings is 1. The van der Waals surface area contributed by atoms with Crippen LogP contribution in [0.5, 0.6) is 0 Å². The Morgan fingerprint density at radius 2 is 1.96 bits per heavy atom. The Hall–Kier alpha value is -1.63. The molecule has 1 atom stereocenters. The highest BCUT2D eigenvalue weighted by Gasteiger charge is 2.47. The lowest BCUT2D eigenvalue weighted by Crippen LogP contribution is -2.64. The summed E-state index contributed by atoms with van der Waals surface area (Å²) in [6, 6.07) is 2.60. The van der Waals surface area contributed by atoms with Crippen LogP contribution in [-0.4, -0.2) is 41.0 Å². The monoisotopic (exact) mass is 330 g/mol. The Kier molecular flexibility index (Phi) is 3.48. The second-order valence-electron chi connectivity index (χ2n) is 6.83. The average molecular weight is 330 g/mol. The summed E-state index contributed by atoms with van der Waals surface area (Å²) in [5.41, 5.74) is -0.942. The van der Waals surface area contributed by atoms with Crippen LogP contribution in [-0.2, 0) is 19.3 Å². The Morgan fingerprint density at radius 3 is 2.48 bits per heavy atom. The minimum Gasteiger partial charge on any atom is -0.337 e. The number of carbonyl (C=O) groups excluding carboxylic acids is 1. The van der Waals surface area contributed by atoms with Crippen LogP contribution in [0.3, 0.4) is 0 Å². The van der Waals surface area contributed by atoms with Crippen molar-refractivity contribution in [2.75, 3.05) is 13.6 Å². The quantitative estimate of drug-likeness (QED) is 0.778. The molecule has 2 aliphatic heterocycles. The molecule has 7 heteroatoms. The normalized spacial score (nSPS) is 23.9. The molecule has 0 saturated carbocycles. The van der Waals surface area contributed by atoms with Crippen molar-refractivity contribution < 1.29 is 22.4 Å². The number of halogens is 4. The summed E-state index contributed by atoms with van der Waals surface area (Å²) in [5, 5.41) is 0. The Balaban J connectivity index is 1.99. The number of hydrogen-bond donors (Lipinski definition) is 0. The van der Waals surface area contributed by atoms with Gasteiger partial charge in [0, 0.05) is 37.8 Å². The van der Waals surface area contributed by atoms with E-state index in [0.29, 0.717) is 5.56 Å². The van der Waals surface area contributed by atoms with E-state index >= 15 is 0 Å². The van der Waals surface area contributed by atoms with Gasteiger partial charge in [0.25, 0.3) is 5.91 Å². The van der Waals surface area contributed by atoms with Gasteiger partial charge in [-0.15, -0.1) is 0 Å². The molecule has 0 spiro atoms. The van der Waals surface area contributed by atoms with E-state index in [-0.39, 0.29) is 30.8 Å². The van der Waals surface area contributed by atoms with E-state index in [0.717, 1.165) is 6.07 Å². The number of hydrogen-bond acceptors (Lipinski definition) is 2. The second-order valence-corrected chi connectivity index (χ2v) is 6.83.